The van der Waals surface area contributed by atoms with E-state index >= 15 is 0 Å². The molecule has 2 amide bonds. The number of carbonyl (C=O) groups excluding carboxylic acids is 2. The van der Waals surface area contributed by atoms with Crippen molar-refractivity contribution >= 4 is 45.7 Å². The van der Waals surface area contributed by atoms with Crippen LogP contribution in [0.5, 0.6) is 6.01 Å². The number of aromatic nitrogens is 2. The van der Waals surface area contributed by atoms with Gasteiger partial charge in [0.2, 0.25) is 11.8 Å². The SMILES string of the molecule is CN1CCC[C@H]1COc1nc2c(c(N3C[C@@H]4C(=O)NC(=O)[C@@H]4C3)n1)CCN(c1cccc3cccc(Cl)c13)C2. The molecule has 10 heteroatoms. The number of anilines is 2. The van der Waals surface area contributed by atoms with Crippen LogP contribution in [0.2, 0.25) is 5.02 Å². The number of fused-ring (bicyclic) bond motifs is 3. The highest BCUT2D eigenvalue weighted by Crippen LogP contribution is 2.39. The van der Waals surface area contributed by atoms with Crippen molar-refractivity contribution in [1.29, 1.82) is 0 Å². The third kappa shape index (κ3) is 4.28. The average molecular weight is 547 g/mol. The maximum atomic E-state index is 12.4. The molecule has 202 valence electrons. The van der Waals surface area contributed by atoms with Crippen LogP contribution in [0.15, 0.2) is 36.4 Å². The van der Waals surface area contributed by atoms with Crippen molar-refractivity contribution in [2.45, 2.75) is 31.8 Å². The Kier molecular flexibility index (Phi) is 6.08. The van der Waals surface area contributed by atoms with Crippen molar-refractivity contribution in [2.75, 3.05) is 49.6 Å². The molecule has 2 aromatic carbocycles. The minimum absolute atomic E-state index is 0.185. The number of nitrogens with one attached hydrogen (secondary N) is 1. The Morgan fingerprint density at radius 1 is 1.03 bits per heavy atom. The molecule has 3 fully saturated rings. The zero-order chi connectivity index (χ0) is 26.7. The maximum absolute atomic E-state index is 12.4. The number of rotatable bonds is 5. The summed E-state index contributed by atoms with van der Waals surface area (Å²) in [6.07, 6.45) is 3.00. The molecule has 1 aromatic heterocycles. The van der Waals surface area contributed by atoms with Gasteiger partial charge in [-0.25, -0.2) is 0 Å². The fourth-order valence-corrected chi connectivity index (χ4v) is 6.91. The minimum atomic E-state index is -0.336. The van der Waals surface area contributed by atoms with Crippen LogP contribution in [0, 0.1) is 11.8 Å². The van der Waals surface area contributed by atoms with Crippen molar-refractivity contribution in [3.05, 3.63) is 52.7 Å². The number of halogens is 1. The van der Waals surface area contributed by atoms with Crippen LogP contribution in [0.25, 0.3) is 10.8 Å². The molecule has 5 heterocycles. The number of imide groups is 1. The number of likely N-dealkylation sites (N-methyl/N-ethyl adjacent to an activating group) is 1. The molecular weight excluding hydrogens is 516 g/mol. The number of amides is 2. The van der Waals surface area contributed by atoms with Crippen LogP contribution in [0.4, 0.5) is 11.5 Å². The number of hydrogen-bond acceptors (Lipinski definition) is 8. The van der Waals surface area contributed by atoms with Crippen molar-refractivity contribution in [3.8, 4) is 6.01 Å². The van der Waals surface area contributed by atoms with Gasteiger partial charge in [-0.3, -0.25) is 14.9 Å². The first-order valence-electron chi connectivity index (χ1n) is 13.7. The molecule has 3 saturated heterocycles. The predicted octanol–water partition coefficient (Wildman–Crippen LogP) is 3.03. The van der Waals surface area contributed by atoms with Gasteiger partial charge in [0.15, 0.2) is 0 Å². The Morgan fingerprint density at radius 3 is 2.54 bits per heavy atom. The van der Waals surface area contributed by atoms with Gasteiger partial charge in [-0.2, -0.15) is 9.97 Å². The van der Waals surface area contributed by atoms with Crippen LogP contribution in [0.3, 0.4) is 0 Å². The molecule has 0 unspecified atom stereocenters. The van der Waals surface area contributed by atoms with Crippen LogP contribution in [-0.2, 0) is 22.6 Å². The molecular formula is C29H31ClN6O3. The molecule has 0 bridgehead atoms. The number of nitrogens with zero attached hydrogens (tertiary/aromatic N) is 5. The Bertz CT molecular complexity index is 1450. The van der Waals surface area contributed by atoms with Crippen LogP contribution >= 0.6 is 11.6 Å². The van der Waals surface area contributed by atoms with Gasteiger partial charge in [-0.15, -0.1) is 0 Å². The smallest absolute Gasteiger partial charge is 0.318 e. The van der Waals surface area contributed by atoms with E-state index in [1.165, 1.54) is 0 Å². The zero-order valence-corrected chi connectivity index (χ0v) is 22.7. The summed E-state index contributed by atoms with van der Waals surface area (Å²) in [4.78, 5) is 41.3. The van der Waals surface area contributed by atoms with Crippen LogP contribution in [-0.4, -0.2) is 72.6 Å². The van der Waals surface area contributed by atoms with Crippen molar-refractivity contribution in [1.82, 2.24) is 20.2 Å². The molecule has 4 aliphatic heterocycles. The van der Waals surface area contributed by atoms with Crippen molar-refractivity contribution in [3.63, 3.8) is 0 Å². The van der Waals surface area contributed by atoms with E-state index in [0.29, 0.717) is 38.3 Å². The predicted molar refractivity (Wildman–Crippen MR) is 149 cm³/mol. The molecule has 0 aliphatic carbocycles. The highest BCUT2D eigenvalue weighted by Gasteiger charge is 2.48. The Morgan fingerprint density at radius 2 is 1.79 bits per heavy atom. The van der Waals surface area contributed by atoms with E-state index in [9.17, 15) is 9.59 Å². The monoisotopic (exact) mass is 546 g/mol. The maximum Gasteiger partial charge on any atom is 0.318 e. The molecule has 3 atom stereocenters. The number of likely N-dealkylation sites (tertiary alicyclic amines) is 1. The first-order chi connectivity index (χ1) is 19.0. The molecule has 0 spiro atoms. The normalized spacial score (nSPS) is 24.8. The third-order valence-corrected chi connectivity index (χ3v) is 9.13. The van der Waals surface area contributed by atoms with E-state index < -0.39 is 0 Å². The number of carbonyl (C=O) groups is 2. The molecule has 3 aromatic rings. The lowest BCUT2D eigenvalue weighted by atomic mass is 10.00. The summed E-state index contributed by atoms with van der Waals surface area (Å²) in [5.41, 5.74) is 3.06. The zero-order valence-electron chi connectivity index (χ0n) is 21.9. The lowest BCUT2D eigenvalue weighted by Gasteiger charge is -2.33. The number of benzene rings is 2. The van der Waals surface area contributed by atoms with Gasteiger partial charge in [0.25, 0.3) is 0 Å². The molecule has 39 heavy (non-hydrogen) atoms. The van der Waals surface area contributed by atoms with Gasteiger partial charge in [0, 0.05) is 42.3 Å². The Hall–Kier alpha value is -3.43. The molecule has 0 radical (unpaired) electrons. The summed E-state index contributed by atoms with van der Waals surface area (Å²) < 4.78 is 6.22. The third-order valence-electron chi connectivity index (χ3n) is 8.81. The summed E-state index contributed by atoms with van der Waals surface area (Å²) in [7, 11) is 2.12. The van der Waals surface area contributed by atoms with Gasteiger partial charge >= 0.3 is 6.01 Å². The molecule has 7 rings (SSSR count). The standard InChI is InChI=1S/C29H31ClN6O3/c1-34-11-4-7-18(34)16-39-29-31-23-15-35(24-9-3-6-17-5-2-8-22(30)25(17)24)12-10-19(23)26(32-29)36-13-20-21(14-36)28(38)33-27(20)37/h2-3,5-6,8-9,18,20-21H,4,7,10-16H2,1H3,(H,33,37,38)/t18-,20-,21+/m0/s1. The van der Waals surface area contributed by atoms with E-state index in [-0.39, 0.29) is 23.7 Å². The quantitative estimate of drug-likeness (QED) is 0.488. The second kappa shape index (κ2) is 9.64. The van der Waals surface area contributed by atoms with Crippen molar-refractivity contribution in [2.24, 2.45) is 11.8 Å². The van der Waals surface area contributed by atoms with E-state index in [2.05, 4.69) is 51.3 Å². The number of ether oxygens (including phenoxy) is 1. The van der Waals surface area contributed by atoms with E-state index in [4.69, 9.17) is 26.3 Å². The largest absolute Gasteiger partial charge is 0.462 e. The fraction of sp³-hybridized carbons (Fsp3) is 0.448. The summed E-state index contributed by atoms with van der Waals surface area (Å²) in [6.45, 7) is 3.91. The molecule has 4 aliphatic rings. The summed E-state index contributed by atoms with van der Waals surface area (Å²) in [6, 6.07) is 12.9. The molecule has 1 N–H and O–H groups in total. The van der Waals surface area contributed by atoms with Gasteiger partial charge in [-0.1, -0.05) is 35.9 Å². The second-order valence-corrected chi connectivity index (χ2v) is 11.5. The van der Waals surface area contributed by atoms with Crippen LogP contribution in [0.1, 0.15) is 24.1 Å². The van der Waals surface area contributed by atoms with E-state index in [0.717, 1.165) is 70.9 Å². The Labute approximate surface area is 232 Å². The Balaban J connectivity index is 1.23. The topological polar surface area (TPSA) is 90.9 Å². The lowest BCUT2D eigenvalue weighted by molar-refractivity contribution is -0.126. The van der Waals surface area contributed by atoms with Gasteiger partial charge in [0.1, 0.15) is 12.4 Å². The fourth-order valence-electron chi connectivity index (χ4n) is 6.64. The summed E-state index contributed by atoms with van der Waals surface area (Å²) in [5, 5.41) is 5.35. The van der Waals surface area contributed by atoms with Crippen LogP contribution < -0.4 is 19.9 Å². The lowest BCUT2D eigenvalue weighted by Crippen LogP contribution is -2.36. The summed E-state index contributed by atoms with van der Waals surface area (Å²) >= 11 is 6.66. The highest BCUT2D eigenvalue weighted by atomic mass is 35.5. The first kappa shape index (κ1) is 24.6. The number of hydrogen-bond donors (Lipinski definition) is 1. The van der Waals surface area contributed by atoms with Gasteiger partial charge in [0.05, 0.1) is 29.1 Å². The van der Waals surface area contributed by atoms with E-state index in [1.807, 2.05) is 12.1 Å². The summed E-state index contributed by atoms with van der Waals surface area (Å²) in [5.74, 6) is -0.249. The van der Waals surface area contributed by atoms with Crippen molar-refractivity contribution < 1.29 is 14.3 Å². The minimum Gasteiger partial charge on any atom is -0.462 e. The molecule has 9 nitrogen and oxygen atoms in total. The van der Waals surface area contributed by atoms with E-state index in [1.54, 1.807) is 0 Å². The average Bonchev–Trinajstić information content (AvgIpc) is 3.63. The first-order valence-corrected chi connectivity index (χ1v) is 14.1. The highest BCUT2D eigenvalue weighted by molar-refractivity contribution is 6.36. The van der Waals surface area contributed by atoms with Gasteiger partial charge in [-0.05, 0) is 50.4 Å². The molecule has 0 saturated carbocycles. The second-order valence-electron chi connectivity index (χ2n) is 11.1. The van der Waals surface area contributed by atoms with Gasteiger partial charge < -0.3 is 19.4 Å².